The molecule has 4 nitrogen and oxygen atoms in total. The molecule has 0 atom stereocenters. The van der Waals surface area contributed by atoms with Gasteiger partial charge < -0.3 is 0 Å². The monoisotopic (exact) mass is 411 g/mol. The number of carbonyl (C=O) groups is 1. The molecular weight excluding hydrogens is 398 g/mol. The topological polar surface area (TPSA) is 45.6 Å². The number of amidine groups is 1. The molecular formula is C20H14ClN3OS2. The van der Waals surface area contributed by atoms with Crippen LogP contribution in [0.2, 0.25) is 5.02 Å². The van der Waals surface area contributed by atoms with Crippen molar-refractivity contribution < 1.29 is 4.79 Å². The highest BCUT2D eigenvalue weighted by Crippen LogP contribution is 2.34. The van der Waals surface area contributed by atoms with Crippen LogP contribution in [-0.2, 0) is 4.79 Å². The van der Waals surface area contributed by atoms with Gasteiger partial charge in [0.05, 0.1) is 10.6 Å². The Hall–Kier alpha value is -2.41. The van der Waals surface area contributed by atoms with Crippen LogP contribution in [0, 0.1) is 0 Å². The molecule has 2 heterocycles. The third kappa shape index (κ3) is 3.98. The van der Waals surface area contributed by atoms with E-state index in [0.717, 1.165) is 16.8 Å². The second kappa shape index (κ2) is 7.68. The fourth-order valence-electron chi connectivity index (χ4n) is 2.50. The van der Waals surface area contributed by atoms with Gasteiger partial charge in [0.15, 0.2) is 5.17 Å². The lowest BCUT2D eigenvalue weighted by atomic mass is 10.2. The minimum absolute atomic E-state index is 0.0754. The Balaban J connectivity index is 1.58. The van der Waals surface area contributed by atoms with Gasteiger partial charge in [0.2, 0.25) is 5.13 Å². The maximum absolute atomic E-state index is 12.5. The van der Waals surface area contributed by atoms with Crippen LogP contribution < -0.4 is 0 Å². The summed E-state index contributed by atoms with van der Waals surface area (Å²) in [7, 11) is 1.72. The molecule has 0 spiro atoms. The minimum Gasteiger partial charge on any atom is -0.289 e. The lowest BCUT2D eigenvalue weighted by molar-refractivity contribution is -0.121. The quantitative estimate of drug-likeness (QED) is 0.519. The van der Waals surface area contributed by atoms with E-state index in [0.29, 0.717) is 20.2 Å². The van der Waals surface area contributed by atoms with Crippen molar-refractivity contribution in [2.75, 3.05) is 7.05 Å². The fourth-order valence-corrected chi connectivity index (χ4v) is 4.35. The number of aromatic nitrogens is 1. The van der Waals surface area contributed by atoms with Gasteiger partial charge in [0.25, 0.3) is 5.91 Å². The zero-order valence-electron chi connectivity index (χ0n) is 14.3. The fraction of sp³-hybridized carbons (Fsp3) is 0.0500. The third-order valence-corrected chi connectivity index (χ3v) is 5.97. The summed E-state index contributed by atoms with van der Waals surface area (Å²) in [6, 6.07) is 17.3. The van der Waals surface area contributed by atoms with Crippen LogP contribution in [-0.4, -0.2) is 28.0 Å². The SMILES string of the molecule is CN1C(=O)/C(=C/c2ccc(Cl)cc2)S/C1=N/c1nc(-c2ccccc2)cs1. The van der Waals surface area contributed by atoms with Crippen LogP contribution in [0.15, 0.2) is 69.9 Å². The predicted octanol–water partition coefficient (Wildman–Crippen LogP) is 5.70. The number of halogens is 1. The molecule has 0 saturated carbocycles. The van der Waals surface area contributed by atoms with Crippen molar-refractivity contribution in [1.29, 1.82) is 0 Å². The van der Waals surface area contributed by atoms with E-state index in [1.165, 1.54) is 23.1 Å². The molecule has 1 amide bonds. The average molecular weight is 412 g/mol. The third-order valence-electron chi connectivity index (χ3n) is 3.92. The zero-order valence-corrected chi connectivity index (χ0v) is 16.7. The van der Waals surface area contributed by atoms with Crippen LogP contribution in [0.3, 0.4) is 0 Å². The number of thiazole rings is 1. The number of carbonyl (C=O) groups excluding carboxylic acids is 1. The maximum atomic E-state index is 12.5. The summed E-state index contributed by atoms with van der Waals surface area (Å²) < 4.78 is 0. The van der Waals surface area contributed by atoms with Crippen molar-refractivity contribution in [2.45, 2.75) is 0 Å². The number of hydrogen-bond acceptors (Lipinski definition) is 5. The molecule has 0 aliphatic carbocycles. The standard InChI is InChI=1S/C20H14ClN3OS2/c1-24-18(25)17(11-13-7-9-15(21)10-8-13)27-20(24)23-19-22-16(12-26-19)14-5-3-2-4-6-14/h2-12H,1H3/b17-11-,23-20+. The van der Waals surface area contributed by atoms with Crippen molar-refractivity contribution in [3.63, 3.8) is 0 Å². The van der Waals surface area contributed by atoms with E-state index < -0.39 is 0 Å². The highest BCUT2D eigenvalue weighted by molar-refractivity contribution is 8.18. The predicted molar refractivity (Wildman–Crippen MR) is 114 cm³/mol. The average Bonchev–Trinajstić information content (AvgIpc) is 3.26. The van der Waals surface area contributed by atoms with E-state index >= 15 is 0 Å². The molecule has 4 rings (SSSR count). The van der Waals surface area contributed by atoms with Crippen LogP contribution in [0.5, 0.6) is 0 Å². The number of likely N-dealkylation sites (N-methyl/N-ethyl adjacent to an activating group) is 1. The van der Waals surface area contributed by atoms with Crippen molar-refractivity contribution in [2.24, 2.45) is 4.99 Å². The summed E-state index contributed by atoms with van der Waals surface area (Å²) in [6.07, 6.45) is 1.85. The normalized spacial score (nSPS) is 17.3. The van der Waals surface area contributed by atoms with Crippen molar-refractivity contribution in [3.8, 4) is 11.3 Å². The highest BCUT2D eigenvalue weighted by Gasteiger charge is 2.30. The van der Waals surface area contributed by atoms with Gasteiger partial charge in [-0.2, -0.15) is 4.99 Å². The van der Waals surface area contributed by atoms with Gasteiger partial charge in [0.1, 0.15) is 0 Å². The molecule has 1 aliphatic heterocycles. The largest absolute Gasteiger partial charge is 0.289 e. The molecule has 3 aromatic rings. The molecule has 0 radical (unpaired) electrons. The molecule has 1 fully saturated rings. The van der Waals surface area contributed by atoms with Crippen LogP contribution in [0.1, 0.15) is 5.56 Å². The summed E-state index contributed by atoms with van der Waals surface area (Å²) in [6.45, 7) is 0. The molecule has 2 aromatic carbocycles. The first kappa shape index (κ1) is 18.0. The Morgan fingerprint density at radius 2 is 1.85 bits per heavy atom. The molecule has 0 bridgehead atoms. The first-order chi connectivity index (χ1) is 13.1. The van der Waals surface area contributed by atoms with Crippen LogP contribution >= 0.6 is 34.7 Å². The lowest BCUT2D eigenvalue weighted by Gasteiger charge is -2.05. The molecule has 1 aliphatic rings. The van der Waals surface area contributed by atoms with E-state index in [2.05, 4.69) is 9.98 Å². The van der Waals surface area contributed by atoms with E-state index in [-0.39, 0.29) is 5.91 Å². The van der Waals surface area contributed by atoms with Gasteiger partial charge >= 0.3 is 0 Å². The van der Waals surface area contributed by atoms with Crippen molar-refractivity contribution in [3.05, 3.63) is 75.5 Å². The van der Waals surface area contributed by atoms with Crippen LogP contribution in [0.25, 0.3) is 17.3 Å². The number of benzene rings is 2. The van der Waals surface area contributed by atoms with Gasteiger partial charge in [-0.25, -0.2) is 4.98 Å². The number of thioether (sulfide) groups is 1. The second-order valence-corrected chi connectivity index (χ2v) is 8.08. The number of nitrogens with zero attached hydrogens (tertiary/aromatic N) is 3. The van der Waals surface area contributed by atoms with E-state index in [1.807, 2.05) is 53.9 Å². The maximum Gasteiger partial charge on any atom is 0.266 e. The van der Waals surface area contributed by atoms with Gasteiger partial charge in [-0.3, -0.25) is 9.69 Å². The van der Waals surface area contributed by atoms with E-state index in [9.17, 15) is 4.79 Å². The van der Waals surface area contributed by atoms with Crippen LogP contribution in [0.4, 0.5) is 5.13 Å². The van der Waals surface area contributed by atoms with Gasteiger partial charge in [-0.1, -0.05) is 54.1 Å². The number of hydrogen-bond donors (Lipinski definition) is 0. The molecule has 134 valence electrons. The summed E-state index contributed by atoms with van der Waals surface area (Å²) in [5, 5.41) is 3.89. The zero-order chi connectivity index (χ0) is 18.8. The van der Waals surface area contributed by atoms with Crippen molar-refractivity contribution in [1.82, 2.24) is 9.88 Å². The number of rotatable bonds is 3. The lowest BCUT2D eigenvalue weighted by Crippen LogP contribution is -2.23. The Kier molecular flexibility index (Phi) is 5.11. The highest BCUT2D eigenvalue weighted by atomic mass is 35.5. The molecule has 7 heteroatoms. The number of aliphatic imine (C=N–C) groups is 1. The molecule has 0 N–H and O–H groups in total. The van der Waals surface area contributed by atoms with Gasteiger partial charge in [-0.15, -0.1) is 11.3 Å². The molecule has 1 aromatic heterocycles. The van der Waals surface area contributed by atoms with Gasteiger partial charge in [-0.05, 0) is 35.5 Å². The van der Waals surface area contributed by atoms with E-state index in [1.54, 1.807) is 24.1 Å². The molecule has 27 heavy (non-hydrogen) atoms. The van der Waals surface area contributed by atoms with E-state index in [4.69, 9.17) is 11.6 Å². The molecule has 1 saturated heterocycles. The van der Waals surface area contributed by atoms with Crippen molar-refractivity contribution >= 4 is 57.0 Å². The summed E-state index contributed by atoms with van der Waals surface area (Å²) >= 11 is 8.72. The Bertz CT molecular complexity index is 1040. The Morgan fingerprint density at radius 3 is 2.59 bits per heavy atom. The summed E-state index contributed by atoms with van der Waals surface area (Å²) in [5.41, 5.74) is 2.85. The molecule has 0 unspecified atom stereocenters. The Labute approximate surface area is 170 Å². The minimum atomic E-state index is -0.0754. The van der Waals surface area contributed by atoms with Gasteiger partial charge in [0, 0.05) is 23.0 Å². The first-order valence-electron chi connectivity index (χ1n) is 8.13. The summed E-state index contributed by atoms with van der Waals surface area (Å²) in [5.74, 6) is -0.0754. The first-order valence-corrected chi connectivity index (χ1v) is 10.2. The smallest absolute Gasteiger partial charge is 0.266 e. The number of amides is 1. The second-order valence-electron chi connectivity index (χ2n) is 5.80. The Morgan fingerprint density at radius 1 is 1.11 bits per heavy atom. The summed E-state index contributed by atoms with van der Waals surface area (Å²) in [4.78, 5) is 23.8.